The van der Waals surface area contributed by atoms with Gasteiger partial charge in [0, 0.05) is 30.0 Å². The summed E-state index contributed by atoms with van der Waals surface area (Å²) in [6, 6.07) is 14.3. The number of ketones is 1. The van der Waals surface area contributed by atoms with E-state index >= 15 is 0 Å². The van der Waals surface area contributed by atoms with Crippen molar-refractivity contribution in [2.45, 2.75) is 39.0 Å². The van der Waals surface area contributed by atoms with Crippen molar-refractivity contribution in [3.8, 4) is 5.75 Å². The molecule has 1 atom stereocenters. The maximum atomic E-state index is 13.5. The van der Waals surface area contributed by atoms with Gasteiger partial charge in [0.1, 0.15) is 5.75 Å². The smallest absolute Gasteiger partial charge is 0.250 e. The number of Topliss-reactive ketones (excluding diaryl/α,β-unsaturated/α-hetero) is 1. The minimum atomic E-state index is -0.609. The zero-order valence-corrected chi connectivity index (χ0v) is 18.0. The number of nitrogens with zero attached hydrogens (tertiary/aromatic N) is 1. The second kappa shape index (κ2) is 7.69. The van der Waals surface area contributed by atoms with E-state index in [9.17, 15) is 14.4 Å². The van der Waals surface area contributed by atoms with Crippen LogP contribution in [0.5, 0.6) is 5.75 Å². The van der Waals surface area contributed by atoms with Crippen LogP contribution in [0, 0.1) is 5.41 Å². The number of carbonyl (C=O) groups excluding carboxylic acids is 3. The molecule has 1 aliphatic heterocycles. The predicted molar refractivity (Wildman–Crippen MR) is 118 cm³/mol. The molecule has 0 saturated heterocycles. The van der Waals surface area contributed by atoms with Crippen LogP contribution in [0.4, 0.5) is 5.69 Å². The van der Waals surface area contributed by atoms with E-state index < -0.39 is 5.91 Å². The van der Waals surface area contributed by atoms with Gasteiger partial charge in [0.25, 0.3) is 5.91 Å². The molecule has 31 heavy (non-hydrogen) atoms. The Morgan fingerprint density at radius 2 is 1.84 bits per heavy atom. The van der Waals surface area contributed by atoms with Gasteiger partial charge in [-0.05, 0) is 41.7 Å². The van der Waals surface area contributed by atoms with Crippen LogP contribution < -0.4 is 15.4 Å². The van der Waals surface area contributed by atoms with Crippen molar-refractivity contribution in [2.75, 3.05) is 12.0 Å². The molecular formula is C25H26N2O4. The standard InChI is InChI=1S/C25H26N2O4/c1-25(2)13-20-23(21(28)14-25)18(15-7-6-8-16(11-15)31-3)12-22(29)27(20)19-10-5-4-9-17(19)24(26)30/h4-11,18H,12-14H2,1-3H3,(H2,26,30). The highest BCUT2D eigenvalue weighted by atomic mass is 16.5. The molecule has 0 aromatic heterocycles. The summed E-state index contributed by atoms with van der Waals surface area (Å²) in [6.07, 6.45) is 1.09. The maximum Gasteiger partial charge on any atom is 0.250 e. The second-order valence-corrected chi connectivity index (χ2v) is 8.95. The van der Waals surface area contributed by atoms with Crippen LogP contribution >= 0.6 is 0 Å². The van der Waals surface area contributed by atoms with Crippen molar-refractivity contribution in [2.24, 2.45) is 11.1 Å². The lowest BCUT2D eigenvalue weighted by Crippen LogP contribution is -2.44. The predicted octanol–water partition coefficient (Wildman–Crippen LogP) is 3.96. The molecule has 0 radical (unpaired) electrons. The van der Waals surface area contributed by atoms with Gasteiger partial charge in [0.05, 0.1) is 18.4 Å². The molecule has 0 spiro atoms. The van der Waals surface area contributed by atoms with Crippen LogP contribution in [-0.2, 0) is 9.59 Å². The van der Waals surface area contributed by atoms with Crippen LogP contribution in [-0.4, -0.2) is 24.7 Å². The van der Waals surface area contributed by atoms with Crippen molar-refractivity contribution >= 4 is 23.3 Å². The molecule has 4 rings (SSSR count). The molecule has 0 fully saturated rings. The van der Waals surface area contributed by atoms with E-state index in [4.69, 9.17) is 10.5 Å². The zero-order valence-electron chi connectivity index (χ0n) is 18.0. The van der Waals surface area contributed by atoms with Gasteiger partial charge >= 0.3 is 0 Å². The highest BCUT2D eigenvalue weighted by molar-refractivity contribution is 6.10. The molecule has 6 nitrogen and oxygen atoms in total. The van der Waals surface area contributed by atoms with Gasteiger partial charge in [-0.1, -0.05) is 38.1 Å². The first kappa shape index (κ1) is 20.8. The molecule has 1 unspecified atom stereocenters. The number of hydrogen-bond donors (Lipinski definition) is 1. The molecule has 2 N–H and O–H groups in total. The third-order valence-corrected chi connectivity index (χ3v) is 6.05. The van der Waals surface area contributed by atoms with Gasteiger partial charge in [-0.25, -0.2) is 0 Å². The van der Waals surface area contributed by atoms with Gasteiger partial charge < -0.3 is 10.5 Å². The number of benzene rings is 2. The molecule has 6 heteroatoms. The molecule has 2 aromatic rings. The fraction of sp³-hybridized carbons (Fsp3) is 0.320. The average Bonchev–Trinajstić information content (AvgIpc) is 2.72. The van der Waals surface area contributed by atoms with Crippen LogP contribution in [0.2, 0.25) is 0 Å². The van der Waals surface area contributed by atoms with E-state index in [1.165, 1.54) is 0 Å². The number of hydrogen-bond acceptors (Lipinski definition) is 4. The highest BCUT2D eigenvalue weighted by Crippen LogP contribution is 2.48. The molecule has 0 saturated carbocycles. The number of ether oxygens (including phenoxy) is 1. The minimum Gasteiger partial charge on any atom is -0.497 e. The van der Waals surface area contributed by atoms with Crippen molar-refractivity contribution in [1.82, 2.24) is 0 Å². The Morgan fingerprint density at radius 3 is 2.55 bits per heavy atom. The van der Waals surface area contributed by atoms with Gasteiger partial charge in [0.15, 0.2) is 5.78 Å². The monoisotopic (exact) mass is 418 g/mol. The number of nitrogens with two attached hydrogens (primary N) is 1. The van der Waals surface area contributed by atoms with E-state index in [1.807, 2.05) is 38.1 Å². The molecule has 1 heterocycles. The Morgan fingerprint density at radius 1 is 1.10 bits per heavy atom. The van der Waals surface area contributed by atoms with E-state index in [2.05, 4.69) is 0 Å². The Kier molecular flexibility index (Phi) is 5.17. The van der Waals surface area contributed by atoms with E-state index in [1.54, 1.807) is 36.3 Å². The SMILES string of the molecule is COc1cccc(C2CC(=O)N(c3ccccc3C(N)=O)C3=C2C(=O)CC(C)(C)C3)c1. The summed E-state index contributed by atoms with van der Waals surface area (Å²) in [5.41, 5.74) is 8.17. The molecule has 2 amide bonds. The van der Waals surface area contributed by atoms with Crippen molar-refractivity contribution < 1.29 is 19.1 Å². The second-order valence-electron chi connectivity index (χ2n) is 8.95. The number of amides is 2. The summed E-state index contributed by atoms with van der Waals surface area (Å²) in [4.78, 5) is 40.5. The number of allylic oxidation sites excluding steroid dienone is 2. The zero-order chi connectivity index (χ0) is 22.3. The maximum absolute atomic E-state index is 13.5. The minimum absolute atomic E-state index is 0.0353. The molecule has 2 aliphatic rings. The number of methoxy groups -OCH3 is 1. The third kappa shape index (κ3) is 3.74. The Bertz CT molecular complexity index is 1120. The van der Waals surface area contributed by atoms with Crippen molar-refractivity contribution in [1.29, 1.82) is 0 Å². The first-order chi connectivity index (χ1) is 14.7. The summed E-state index contributed by atoms with van der Waals surface area (Å²) in [5, 5.41) is 0. The summed E-state index contributed by atoms with van der Waals surface area (Å²) in [7, 11) is 1.59. The Labute approximate surface area is 181 Å². The fourth-order valence-electron chi connectivity index (χ4n) is 4.71. The van der Waals surface area contributed by atoms with Crippen LogP contribution in [0.15, 0.2) is 59.8 Å². The lowest BCUT2D eigenvalue weighted by molar-refractivity contribution is -0.121. The topological polar surface area (TPSA) is 89.7 Å². The molecule has 160 valence electrons. The summed E-state index contributed by atoms with van der Waals surface area (Å²) >= 11 is 0. The molecule has 1 aliphatic carbocycles. The normalized spacial score (nSPS) is 20.5. The Hall–Kier alpha value is -3.41. The van der Waals surface area contributed by atoms with Gasteiger partial charge in [-0.2, -0.15) is 0 Å². The molecular weight excluding hydrogens is 392 g/mol. The van der Waals surface area contributed by atoms with Gasteiger partial charge in [-0.15, -0.1) is 0 Å². The number of para-hydroxylation sites is 1. The van der Waals surface area contributed by atoms with Crippen molar-refractivity contribution in [3.63, 3.8) is 0 Å². The summed E-state index contributed by atoms with van der Waals surface area (Å²) in [6.45, 7) is 4.04. The van der Waals surface area contributed by atoms with Gasteiger partial charge in [-0.3, -0.25) is 19.3 Å². The van der Waals surface area contributed by atoms with Crippen molar-refractivity contribution in [3.05, 3.63) is 70.9 Å². The number of primary amides is 1. The molecule has 0 bridgehead atoms. The molecule has 2 aromatic carbocycles. The fourth-order valence-corrected chi connectivity index (χ4v) is 4.71. The first-order valence-corrected chi connectivity index (χ1v) is 10.3. The first-order valence-electron chi connectivity index (χ1n) is 10.3. The van der Waals surface area contributed by atoms with E-state index in [0.717, 1.165) is 5.56 Å². The van der Waals surface area contributed by atoms with E-state index in [-0.39, 0.29) is 35.0 Å². The van der Waals surface area contributed by atoms with Crippen LogP contribution in [0.25, 0.3) is 0 Å². The Balaban J connectivity index is 1.93. The van der Waals surface area contributed by atoms with Crippen LogP contribution in [0.1, 0.15) is 54.9 Å². The summed E-state index contributed by atoms with van der Waals surface area (Å²) < 4.78 is 5.35. The largest absolute Gasteiger partial charge is 0.497 e. The lowest BCUT2D eigenvalue weighted by Gasteiger charge is -2.43. The van der Waals surface area contributed by atoms with E-state index in [0.29, 0.717) is 35.5 Å². The third-order valence-electron chi connectivity index (χ3n) is 6.05. The highest BCUT2D eigenvalue weighted by Gasteiger charge is 2.44. The lowest BCUT2D eigenvalue weighted by atomic mass is 9.69. The van der Waals surface area contributed by atoms with Crippen LogP contribution in [0.3, 0.4) is 0 Å². The quantitative estimate of drug-likeness (QED) is 0.814. The average molecular weight is 418 g/mol. The number of anilines is 1. The summed E-state index contributed by atoms with van der Waals surface area (Å²) in [5.74, 6) is -0.406. The number of carbonyl (C=O) groups is 3. The van der Waals surface area contributed by atoms with Gasteiger partial charge in [0.2, 0.25) is 5.91 Å². The number of rotatable bonds is 4.